The highest BCUT2D eigenvalue weighted by atomic mass is 32.2. The van der Waals surface area contributed by atoms with Crippen molar-refractivity contribution in [3.8, 4) is 6.07 Å². The minimum Gasteiger partial charge on any atom is -0.510 e. The Morgan fingerprint density at radius 2 is 1.82 bits per heavy atom. The maximum absolute atomic E-state index is 10.6. The van der Waals surface area contributed by atoms with Crippen molar-refractivity contribution in [3.63, 3.8) is 0 Å². The Bertz CT molecular complexity index is 1270. The molecule has 138 valence electrons. The first-order valence-corrected chi connectivity index (χ1v) is 9.80. The lowest BCUT2D eigenvalue weighted by Gasteiger charge is -2.07. The fourth-order valence-corrected chi connectivity index (χ4v) is 4.07. The molecule has 28 heavy (non-hydrogen) atoms. The van der Waals surface area contributed by atoms with Crippen LogP contribution in [0.1, 0.15) is 11.4 Å². The number of para-hydroxylation sites is 3. The Hall–Kier alpha value is -3.30. The summed E-state index contributed by atoms with van der Waals surface area (Å²) in [7, 11) is 1.84. The number of nitriles is 1. The van der Waals surface area contributed by atoms with Crippen molar-refractivity contribution in [1.29, 1.82) is 5.26 Å². The SMILES string of the molecule is Cc1cc(SC/C(O)=C(\C#N)c2nc3ccccc3n2C)nc2ccccc12. The van der Waals surface area contributed by atoms with Crippen molar-refractivity contribution in [2.75, 3.05) is 5.75 Å². The molecule has 0 aliphatic carbocycles. The van der Waals surface area contributed by atoms with Crippen LogP contribution in [0.4, 0.5) is 0 Å². The molecule has 0 spiro atoms. The zero-order valence-electron chi connectivity index (χ0n) is 15.5. The number of hydrogen-bond donors (Lipinski definition) is 1. The van der Waals surface area contributed by atoms with Crippen LogP contribution in [-0.2, 0) is 7.05 Å². The Balaban J connectivity index is 1.65. The average molecular weight is 386 g/mol. The maximum Gasteiger partial charge on any atom is 0.155 e. The van der Waals surface area contributed by atoms with Gasteiger partial charge in [-0.15, -0.1) is 0 Å². The van der Waals surface area contributed by atoms with Crippen molar-refractivity contribution < 1.29 is 5.11 Å². The fraction of sp³-hybridized carbons (Fsp3) is 0.136. The summed E-state index contributed by atoms with van der Waals surface area (Å²) in [5, 5.41) is 22.2. The molecule has 0 fully saturated rings. The molecular formula is C22H18N4OS. The normalized spacial score (nSPS) is 12.2. The number of allylic oxidation sites excluding steroid dienone is 1. The fourth-order valence-electron chi connectivity index (χ4n) is 3.22. The summed E-state index contributed by atoms with van der Waals surface area (Å²) in [6.45, 7) is 2.05. The van der Waals surface area contributed by atoms with Gasteiger partial charge in [-0.3, -0.25) is 0 Å². The minimum absolute atomic E-state index is 0.00137. The van der Waals surface area contributed by atoms with Gasteiger partial charge in [-0.1, -0.05) is 42.1 Å². The standard InChI is InChI=1S/C22H18N4OS/c1-14-11-21(24-17-8-4-3-7-15(14)17)28-13-20(27)16(12-23)22-25-18-9-5-6-10-19(18)26(22)2/h3-11,27H,13H2,1-2H3/b20-16-. The first kappa shape index (κ1) is 18.1. The maximum atomic E-state index is 10.6. The molecule has 6 heteroatoms. The lowest BCUT2D eigenvalue weighted by Crippen LogP contribution is -2.01. The highest BCUT2D eigenvalue weighted by molar-refractivity contribution is 7.99. The van der Waals surface area contributed by atoms with Gasteiger partial charge >= 0.3 is 0 Å². The number of fused-ring (bicyclic) bond motifs is 2. The van der Waals surface area contributed by atoms with E-state index in [4.69, 9.17) is 0 Å². The van der Waals surface area contributed by atoms with Crippen LogP contribution >= 0.6 is 11.8 Å². The van der Waals surface area contributed by atoms with Crippen molar-refractivity contribution in [2.45, 2.75) is 11.9 Å². The third-order valence-electron chi connectivity index (χ3n) is 4.67. The van der Waals surface area contributed by atoms with Crippen molar-refractivity contribution in [3.05, 3.63) is 71.7 Å². The molecule has 1 N–H and O–H groups in total. The summed E-state index contributed by atoms with van der Waals surface area (Å²) in [4.78, 5) is 9.16. The second-order valence-electron chi connectivity index (χ2n) is 6.50. The predicted octanol–water partition coefficient (Wildman–Crippen LogP) is 5.01. The van der Waals surface area contributed by atoms with Crippen molar-refractivity contribution in [2.24, 2.45) is 7.05 Å². The van der Waals surface area contributed by atoms with Crippen LogP contribution in [0.25, 0.3) is 27.5 Å². The highest BCUT2D eigenvalue weighted by Crippen LogP contribution is 2.27. The molecule has 2 aromatic carbocycles. The number of hydrogen-bond acceptors (Lipinski definition) is 5. The highest BCUT2D eigenvalue weighted by Gasteiger charge is 2.16. The quantitative estimate of drug-likeness (QED) is 0.303. The van der Waals surface area contributed by atoms with Crippen LogP contribution in [-0.4, -0.2) is 25.4 Å². The van der Waals surface area contributed by atoms with Gasteiger partial charge in [0.1, 0.15) is 17.4 Å². The van der Waals surface area contributed by atoms with Crippen LogP contribution in [0, 0.1) is 18.3 Å². The van der Waals surface area contributed by atoms with Gasteiger partial charge in [0.05, 0.1) is 27.3 Å². The summed E-state index contributed by atoms with van der Waals surface area (Å²) in [5.74, 6) is 0.708. The van der Waals surface area contributed by atoms with E-state index >= 15 is 0 Å². The van der Waals surface area contributed by atoms with Gasteiger partial charge in [0, 0.05) is 12.4 Å². The van der Waals surface area contributed by atoms with E-state index in [1.165, 1.54) is 11.8 Å². The third-order valence-corrected chi connectivity index (χ3v) is 5.59. The average Bonchev–Trinajstić information content (AvgIpc) is 3.04. The number of aliphatic hydroxyl groups excluding tert-OH is 1. The number of imidazole rings is 1. The van der Waals surface area contributed by atoms with Crippen LogP contribution in [0.15, 0.2) is 65.4 Å². The van der Waals surface area contributed by atoms with Gasteiger partial charge in [-0.25, -0.2) is 9.97 Å². The Kier molecular flexibility index (Phi) is 4.76. The zero-order valence-corrected chi connectivity index (χ0v) is 16.4. The number of thioether (sulfide) groups is 1. The number of aromatic nitrogens is 3. The number of aliphatic hydroxyl groups is 1. The van der Waals surface area contributed by atoms with Crippen LogP contribution in [0.2, 0.25) is 0 Å². The molecule has 0 saturated carbocycles. The van der Waals surface area contributed by atoms with Gasteiger partial charge in [0.25, 0.3) is 0 Å². The Labute approximate surface area is 167 Å². The van der Waals surface area contributed by atoms with Crippen molar-refractivity contribution in [1.82, 2.24) is 14.5 Å². The predicted molar refractivity (Wildman–Crippen MR) is 113 cm³/mol. The summed E-state index contributed by atoms with van der Waals surface area (Å²) in [6.07, 6.45) is 0. The van der Waals surface area contributed by atoms with Crippen LogP contribution < -0.4 is 0 Å². The molecule has 0 unspecified atom stereocenters. The number of aryl methyl sites for hydroxylation is 2. The Morgan fingerprint density at radius 3 is 2.57 bits per heavy atom. The van der Waals surface area contributed by atoms with E-state index in [9.17, 15) is 10.4 Å². The second-order valence-corrected chi connectivity index (χ2v) is 7.50. The molecule has 0 atom stereocenters. The monoisotopic (exact) mass is 386 g/mol. The van der Waals surface area contributed by atoms with E-state index in [1.807, 2.05) is 73.1 Å². The van der Waals surface area contributed by atoms with Gasteiger partial charge in [0.15, 0.2) is 5.82 Å². The largest absolute Gasteiger partial charge is 0.510 e. The topological polar surface area (TPSA) is 74.7 Å². The molecule has 0 saturated heterocycles. The lowest BCUT2D eigenvalue weighted by atomic mass is 10.1. The van der Waals surface area contributed by atoms with Crippen LogP contribution in [0.5, 0.6) is 0 Å². The number of benzene rings is 2. The first-order chi connectivity index (χ1) is 13.6. The summed E-state index contributed by atoms with van der Waals surface area (Å²) >= 11 is 1.40. The molecule has 5 nitrogen and oxygen atoms in total. The molecule has 0 bridgehead atoms. The smallest absolute Gasteiger partial charge is 0.155 e. The molecule has 0 amide bonds. The molecule has 0 aliphatic heterocycles. The van der Waals surface area contributed by atoms with E-state index in [2.05, 4.69) is 16.0 Å². The zero-order chi connectivity index (χ0) is 19.7. The molecule has 4 rings (SSSR count). The van der Waals surface area contributed by atoms with Crippen molar-refractivity contribution >= 4 is 39.3 Å². The number of nitrogens with zero attached hydrogens (tertiary/aromatic N) is 4. The van der Waals surface area contributed by atoms with E-state index in [-0.39, 0.29) is 17.1 Å². The first-order valence-electron chi connectivity index (χ1n) is 8.81. The summed E-state index contributed by atoms with van der Waals surface area (Å²) in [5.41, 5.74) is 3.94. The van der Waals surface area contributed by atoms with E-state index in [0.29, 0.717) is 5.82 Å². The lowest BCUT2D eigenvalue weighted by molar-refractivity contribution is 0.420. The molecule has 2 heterocycles. The molecule has 4 aromatic rings. The molecule has 2 aromatic heterocycles. The third kappa shape index (κ3) is 3.21. The van der Waals surface area contributed by atoms with E-state index in [0.717, 1.165) is 32.5 Å². The van der Waals surface area contributed by atoms with Gasteiger partial charge in [-0.05, 0) is 36.8 Å². The molecular weight excluding hydrogens is 368 g/mol. The Morgan fingerprint density at radius 1 is 1.11 bits per heavy atom. The summed E-state index contributed by atoms with van der Waals surface area (Å²) in [6, 6.07) is 19.7. The number of rotatable bonds is 4. The van der Waals surface area contributed by atoms with Gasteiger partial charge in [0.2, 0.25) is 0 Å². The van der Waals surface area contributed by atoms with Gasteiger partial charge in [-0.2, -0.15) is 5.26 Å². The van der Waals surface area contributed by atoms with Crippen LogP contribution in [0.3, 0.4) is 0 Å². The minimum atomic E-state index is -0.00137. The molecule has 0 aliphatic rings. The van der Waals surface area contributed by atoms with E-state index < -0.39 is 0 Å². The number of pyridine rings is 1. The summed E-state index contributed by atoms with van der Waals surface area (Å²) < 4.78 is 1.83. The second kappa shape index (κ2) is 7.37. The van der Waals surface area contributed by atoms with E-state index in [1.54, 1.807) is 0 Å². The molecule has 0 radical (unpaired) electrons. The van der Waals surface area contributed by atoms with Gasteiger partial charge < -0.3 is 9.67 Å².